The van der Waals surface area contributed by atoms with Gasteiger partial charge in [-0.2, -0.15) is 10.2 Å². The summed E-state index contributed by atoms with van der Waals surface area (Å²) in [6.45, 7) is 3.56. The summed E-state index contributed by atoms with van der Waals surface area (Å²) in [7, 11) is 10.4. The molecule has 2 aromatic rings. The highest BCUT2D eigenvalue weighted by atomic mass is 32.1. The molecule has 0 unspecified atom stereocenters. The first-order chi connectivity index (χ1) is 16.9. The summed E-state index contributed by atoms with van der Waals surface area (Å²) in [5.74, 6) is 1.62. The molecule has 2 aromatic carbocycles. The number of rotatable bonds is 6. The summed E-state index contributed by atoms with van der Waals surface area (Å²) in [4.78, 5) is 3.47. The Hall–Kier alpha value is -3.64. The number of methoxy groups -OCH3 is 2. The van der Waals surface area contributed by atoms with E-state index in [1.807, 2.05) is 28.2 Å². The Morgan fingerprint density at radius 1 is 0.722 bits per heavy atom. The largest absolute Gasteiger partial charge is 0.507 e. The zero-order valence-corrected chi connectivity index (χ0v) is 23.4. The van der Waals surface area contributed by atoms with Gasteiger partial charge >= 0.3 is 0 Å². The second-order valence-corrected chi connectivity index (χ2v) is 8.56. The van der Waals surface area contributed by atoms with Crippen molar-refractivity contribution in [2.45, 2.75) is 13.8 Å². The zero-order valence-electron chi connectivity index (χ0n) is 21.8. The second-order valence-electron chi connectivity index (χ2n) is 7.78. The van der Waals surface area contributed by atoms with Crippen molar-refractivity contribution in [3.8, 4) is 23.0 Å². The van der Waals surface area contributed by atoms with E-state index < -0.39 is 0 Å². The first-order valence-corrected chi connectivity index (χ1v) is 11.5. The molecule has 0 saturated heterocycles. The molecule has 0 bridgehead atoms. The van der Waals surface area contributed by atoms with E-state index in [0.29, 0.717) is 44.3 Å². The molecule has 0 atom stereocenters. The maximum atomic E-state index is 9.77. The van der Waals surface area contributed by atoms with Gasteiger partial charge in [-0.15, -0.1) is 0 Å². The molecule has 12 heteroatoms. The van der Waals surface area contributed by atoms with Crippen LogP contribution < -0.4 is 20.3 Å². The van der Waals surface area contributed by atoms with E-state index in [4.69, 9.17) is 33.9 Å². The fraction of sp³-hybridized carbons (Fsp3) is 0.333. The molecule has 0 heterocycles. The fourth-order valence-corrected chi connectivity index (χ4v) is 2.54. The Balaban J connectivity index is 0.000000360. The molecule has 0 amide bonds. The van der Waals surface area contributed by atoms with Crippen LogP contribution >= 0.6 is 24.4 Å². The van der Waals surface area contributed by atoms with Gasteiger partial charge in [0.1, 0.15) is 23.0 Å². The molecule has 2 rings (SSSR count). The minimum Gasteiger partial charge on any atom is -0.507 e. The number of aromatic hydroxyl groups is 2. The van der Waals surface area contributed by atoms with Crippen molar-refractivity contribution in [1.29, 1.82) is 0 Å². The van der Waals surface area contributed by atoms with Crippen molar-refractivity contribution in [2.24, 2.45) is 10.2 Å². The lowest BCUT2D eigenvalue weighted by molar-refractivity contribution is 0.412. The predicted molar refractivity (Wildman–Crippen MR) is 153 cm³/mol. The Morgan fingerprint density at radius 2 is 1.06 bits per heavy atom. The van der Waals surface area contributed by atoms with Gasteiger partial charge in [0.25, 0.3) is 0 Å². The lowest BCUT2D eigenvalue weighted by Gasteiger charge is -2.13. The number of hydrogen-bond acceptors (Lipinski definition) is 8. The highest BCUT2D eigenvalue weighted by Crippen LogP contribution is 2.24. The number of phenolic OH excluding ortho intramolecular Hbond substituents is 2. The second kappa shape index (κ2) is 14.7. The highest BCUT2D eigenvalue weighted by molar-refractivity contribution is 7.80. The highest BCUT2D eigenvalue weighted by Gasteiger charge is 2.08. The van der Waals surface area contributed by atoms with Crippen LogP contribution in [0.5, 0.6) is 23.0 Å². The van der Waals surface area contributed by atoms with E-state index in [9.17, 15) is 10.2 Å². The van der Waals surface area contributed by atoms with Gasteiger partial charge in [0, 0.05) is 39.3 Å². The normalized spacial score (nSPS) is 11.0. The van der Waals surface area contributed by atoms with Crippen molar-refractivity contribution in [3.63, 3.8) is 0 Å². The number of nitrogens with one attached hydrogen (secondary N) is 2. The van der Waals surface area contributed by atoms with Crippen LogP contribution in [0.4, 0.5) is 0 Å². The van der Waals surface area contributed by atoms with Gasteiger partial charge in [-0.1, -0.05) is 0 Å². The Morgan fingerprint density at radius 3 is 1.33 bits per heavy atom. The SMILES string of the molecule is COc1ccc(O)c(/C(C)=N/NC(=S)N(C)C)c1.COc1ccc(O)c(/C(C)=N/NC(=S)N(C)C)c1. The van der Waals surface area contributed by atoms with Crippen LogP contribution in [0.15, 0.2) is 46.6 Å². The van der Waals surface area contributed by atoms with Crippen molar-refractivity contribution >= 4 is 46.1 Å². The number of hydrogen-bond donors (Lipinski definition) is 4. The third-order valence-electron chi connectivity index (χ3n) is 4.64. The summed E-state index contributed by atoms with van der Waals surface area (Å²) < 4.78 is 10.2. The third kappa shape index (κ3) is 9.55. The minimum atomic E-state index is 0.148. The van der Waals surface area contributed by atoms with Gasteiger partial charge in [0.15, 0.2) is 10.2 Å². The molecule has 0 aromatic heterocycles. The van der Waals surface area contributed by atoms with E-state index in [0.717, 1.165) is 0 Å². The molecule has 0 aliphatic carbocycles. The van der Waals surface area contributed by atoms with E-state index in [2.05, 4.69) is 21.1 Å². The first-order valence-electron chi connectivity index (χ1n) is 10.7. The number of hydrazone groups is 2. The van der Waals surface area contributed by atoms with Gasteiger partial charge in [0.2, 0.25) is 0 Å². The number of benzene rings is 2. The quantitative estimate of drug-likeness (QED) is 0.250. The van der Waals surface area contributed by atoms with Gasteiger partial charge in [-0.25, -0.2) is 0 Å². The van der Waals surface area contributed by atoms with Crippen LogP contribution in [0.2, 0.25) is 0 Å². The van der Waals surface area contributed by atoms with E-state index in [1.165, 1.54) is 0 Å². The van der Waals surface area contributed by atoms with Crippen LogP contribution in [0, 0.1) is 0 Å². The smallest absolute Gasteiger partial charge is 0.189 e. The molecule has 0 fully saturated rings. The van der Waals surface area contributed by atoms with Gasteiger partial charge in [0.05, 0.1) is 25.6 Å². The number of nitrogens with zero attached hydrogens (tertiary/aromatic N) is 4. The summed E-state index contributed by atoms with van der Waals surface area (Å²) in [6.07, 6.45) is 0. The van der Waals surface area contributed by atoms with E-state index in [-0.39, 0.29) is 11.5 Å². The van der Waals surface area contributed by atoms with Gasteiger partial charge < -0.3 is 29.5 Å². The maximum Gasteiger partial charge on any atom is 0.189 e. The fourth-order valence-electron chi connectivity index (χ4n) is 2.45. The Kier molecular flexibility index (Phi) is 12.4. The van der Waals surface area contributed by atoms with Crippen LogP contribution in [-0.4, -0.2) is 84.1 Å². The average molecular weight is 535 g/mol. The van der Waals surface area contributed by atoms with E-state index in [1.54, 1.807) is 74.3 Å². The maximum absolute atomic E-state index is 9.77. The summed E-state index contributed by atoms with van der Waals surface area (Å²) in [5.41, 5.74) is 7.92. The molecule has 4 N–H and O–H groups in total. The number of ether oxygens (including phenoxy) is 2. The van der Waals surface area contributed by atoms with Crippen LogP contribution in [0.25, 0.3) is 0 Å². The number of thiocarbonyl (C=S) groups is 2. The molecule has 0 spiro atoms. The molecule has 0 aliphatic rings. The summed E-state index contributed by atoms with van der Waals surface area (Å²) in [6, 6.07) is 9.94. The van der Waals surface area contributed by atoms with Crippen LogP contribution in [0.3, 0.4) is 0 Å². The van der Waals surface area contributed by atoms with Crippen molar-refractivity contribution < 1.29 is 19.7 Å². The molecule has 10 nitrogen and oxygen atoms in total. The van der Waals surface area contributed by atoms with Crippen LogP contribution in [0.1, 0.15) is 25.0 Å². The molecular weight excluding hydrogens is 500 g/mol. The Bertz CT molecular complexity index is 1030. The molecule has 36 heavy (non-hydrogen) atoms. The number of phenols is 2. The topological polar surface area (TPSA) is 114 Å². The van der Waals surface area contributed by atoms with E-state index >= 15 is 0 Å². The minimum absolute atomic E-state index is 0.148. The summed E-state index contributed by atoms with van der Waals surface area (Å²) >= 11 is 10.1. The van der Waals surface area contributed by atoms with Crippen molar-refractivity contribution in [2.75, 3.05) is 42.4 Å². The molecule has 0 aliphatic heterocycles. The zero-order chi connectivity index (χ0) is 27.4. The standard InChI is InChI=1S/2C12H17N3O2S/c2*1-8(13-14-12(18)15(2)3)10-7-9(17-4)5-6-11(10)16/h2*5-7,16H,1-4H3,(H,14,18)/b2*13-8+. The average Bonchev–Trinajstić information content (AvgIpc) is 2.86. The molecular formula is C24H34N6O4S2. The van der Waals surface area contributed by atoms with Gasteiger partial charge in [-0.3, -0.25) is 10.9 Å². The summed E-state index contributed by atoms with van der Waals surface area (Å²) in [5, 5.41) is 28.8. The monoisotopic (exact) mass is 534 g/mol. The van der Waals surface area contributed by atoms with Gasteiger partial charge in [-0.05, 0) is 74.7 Å². The Labute approximate surface area is 223 Å². The predicted octanol–water partition coefficient (Wildman–Crippen LogP) is 3.12. The molecule has 196 valence electrons. The lowest BCUT2D eigenvalue weighted by Crippen LogP contribution is -2.31. The van der Waals surface area contributed by atoms with Crippen molar-refractivity contribution in [3.05, 3.63) is 47.5 Å². The lowest BCUT2D eigenvalue weighted by atomic mass is 10.1. The third-order valence-corrected chi connectivity index (χ3v) is 5.55. The molecule has 0 saturated carbocycles. The van der Waals surface area contributed by atoms with Crippen LogP contribution in [-0.2, 0) is 0 Å². The van der Waals surface area contributed by atoms with Crippen molar-refractivity contribution in [1.82, 2.24) is 20.7 Å². The molecule has 0 radical (unpaired) electrons. The first kappa shape index (κ1) is 30.4.